The van der Waals surface area contributed by atoms with Gasteiger partial charge in [0.05, 0.1) is 26.2 Å². The van der Waals surface area contributed by atoms with Crippen molar-refractivity contribution in [3.63, 3.8) is 0 Å². The van der Waals surface area contributed by atoms with Crippen LogP contribution in [0.25, 0.3) is 0 Å². The number of anilines is 1. The van der Waals surface area contributed by atoms with Crippen LogP contribution in [0.5, 0.6) is 11.5 Å². The number of benzene rings is 2. The minimum atomic E-state index is -3.95. The van der Waals surface area contributed by atoms with Crippen LogP contribution in [-0.4, -0.2) is 64.2 Å². The first kappa shape index (κ1) is 29.2. The fourth-order valence-corrected chi connectivity index (χ4v) is 5.37. The number of hydrogen-bond donors (Lipinski definition) is 1. The van der Waals surface area contributed by atoms with E-state index in [1.54, 1.807) is 19.1 Å². The van der Waals surface area contributed by atoms with Crippen molar-refractivity contribution in [2.75, 3.05) is 31.3 Å². The van der Waals surface area contributed by atoms with Gasteiger partial charge in [0.15, 0.2) is 0 Å². The highest BCUT2D eigenvalue weighted by Gasteiger charge is 2.32. The van der Waals surface area contributed by atoms with E-state index >= 15 is 0 Å². The number of nitrogens with zero attached hydrogens (tertiary/aromatic N) is 2. The van der Waals surface area contributed by atoms with Gasteiger partial charge in [0.1, 0.15) is 29.9 Å². The lowest BCUT2D eigenvalue weighted by Crippen LogP contribution is -2.53. The van der Waals surface area contributed by atoms with Crippen molar-refractivity contribution in [1.29, 1.82) is 0 Å². The van der Waals surface area contributed by atoms with Gasteiger partial charge in [-0.15, -0.1) is 0 Å². The average molecular weight is 550 g/mol. The Balaban J connectivity index is 1.93. The number of methoxy groups -OCH3 is 2. The monoisotopic (exact) mass is 549 g/mol. The number of nitrogens with one attached hydrogen (secondary N) is 1. The lowest BCUT2D eigenvalue weighted by molar-refractivity contribution is -0.139. The second-order valence-corrected chi connectivity index (χ2v) is 11.4. The summed E-state index contributed by atoms with van der Waals surface area (Å²) in [5.74, 6) is -0.737. The first-order chi connectivity index (χ1) is 18.0. The third-order valence-corrected chi connectivity index (χ3v) is 7.85. The van der Waals surface area contributed by atoms with Crippen molar-refractivity contribution in [2.24, 2.45) is 0 Å². The van der Waals surface area contributed by atoms with E-state index in [1.165, 1.54) is 49.5 Å². The average Bonchev–Trinajstić information content (AvgIpc) is 2.90. The summed E-state index contributed by atoms with van der Waals surface area (Å²) in [4.78, 5) is 28.3. The molecule has 1 N–H and O–H groups in total. The summed E-state index contributed by atoms with van der Waals surface area (Å²) in [6.45, 7) is 1.02. The lowest BCUT2D eigenvalue weighted by atomic mass is 9.95. The largest absolute Gasteiger partial charge is 0.497 e. The van der Waals surface area contributed by atoms with Gasteiger partial charge in [-0.2, -0.15) is 0 Å². The molecule has 1 saturated carbocycles. The first-order valence-electron chi connectivity index (χ1n) is 12.6. The Morgan fingerprint density at radius 1 is 1.05 bits per heavy atom. The number of carbonyl (C=O) groups is 2. The van der Waals surface area contributed by atoms with Crippen molar-refractivity contribution in [3.05, 3.63) is 53.8 Å². The Morgan fingerprint density at radius 3 is 2.29 bits per heavy atom. The van der Waals surface area contributed by atoms with Crippen molar-refractivity contribution in [2.45, 2.75) is 57.7 Å². The Kier molecular flexibility index (Phi) is 9.96. The van der Waals surface area contributed by atoms with Gasteiger partial charge in [0, 0.05) is 18.7 Å². The summed E-state index contributed by atoms with van der Waals surface area (Å²) in [6.07, 6.45) is 5.94. The van der Waals surface area contributed by atoms with Gasteiger partial charge < -0.3 is 19.7 Å². The van der Waals surface area contributed by atoms with Crippen LogP contribution in [0.3, 0.4) is 0 Å². The third-order valence-electron chi connectivity index (χ3n) is 6.72. The van der Waals surface area contributed by atoms with Gasteiger partial charge in [0.2, 0.25) is 21.8 Å². The molecule has 0 heterocycles. The summed E-state index contributed by atoms with van der Waals surface area (Å²) in [6, 6.07) is 9.37. The molecule has 9 nitrogen and oxygen atoms in total. The first-order valence-corrected chi connectivity index (χ1v) is 14.4. The highest BCUT2D eigenvalue weighted by Crippen LogP contribution is 2.34. The predicted octanol–water partition coefficient (Wildman–Crippen LogP) is 3.48. The number of carbonyl (C=O) groups excluding carboxylic acids is 2. The Labute approximate surface area is 224 Å². The van der Waals surface area contributed by atoms with E-state index in [1.807, 2.05) is 0 Å². The highest BCUT2D eigenvalue weighted by atomic mass is 32.2. The zero-order valence-corrected chi connectivity index (χ0v) is 23.1. The van der Waals surface area contributed by atoms with E-state index in [0.29, 0.717) is 11.3 Å². The van der Waals surface area contributed by atoms with Gasteiger partial charge in [-0.05, 0) is 49.6 Å². The van der Waals surface area contributed by atoms with Crippen LogP contribution in [0.4, 0.5) is 10.1 Å². The molecule has 1 aliphatic carbocycles. The molecule has 11 heteroatoms. The van der Waals surface area contributed by atoms with Gasteiger partial charge in [0.25, 0.3) is 0 Å². The zero-order chi connectivity index (χ0) is 27.9. The highest BCUT2D eigenvalue weighted by molar-refractivity contribution is 7.92. The summed E-state index contributed by atoms with van der Waals surface area (Å²) in [5, 5.41) is 3.04. The number of hydrogen-bond acceptors (Lipinski definition) is 6. The minimum absolute atomic E-state index is 0.00872. The standard InChI is InChI=1S/C27H36FN3O6S/c1-19(27(33)29-22-8-6-5-7-9-22)30(17-20-10-12-21(28)13-11-20)26(32)18-31(38(4,34)35)24-16-23(36-2)14-15-25(24)37-3/h10-16,19,22H,5-9,17-18H2,1-4H3,(H,29,33)/t19-/m1/s1. The predicted molar refractivity (Wildman–Crippen MR) is 143 cm³/mol. The molecule has 3 rings (SSSR count). The molecule has 0 bridgehead atoms. The zero-order valence-electron chi connectivity index (χ0n) is 22.3. The maximum absolute atomic E-state index is 13.7. The van der Waals surface area contributed by atoms with Crippen LogP contribution in [0.1, 0.15) is 44.6 Å². The summed E-state index contributed by atoms with van der Waals surface area (Å²) in [7, 11) is -1.11. The number of halogens is 1. The van der Waals surface area contributed by atoms with Gasteiger partial charge in [-0.25, -0.2) is 12.8 Å². The number of ether oxygens (including phenoxy) is 2. The molecule has 1 fully saturated rings. The molecule has 2 aromatic rings. The summed E-state index contributed by atoms with van der Waals surface area (Å²) >= 11 is 0. The van der Waals surface area contributed by atoms with Crippen molar-refractivity contribution < 1.29 is 31.9 Å². The second kappa shape index (κ2) is 12.9. The molecule has 0 aromatic heterocycles. The summed E-state index contributed by atoms with van der Waals surface area (Å²) < 4.78 is 50.8. The van der Waals surface area contributed by atoms with E-state index < -0.39 is 34.3 Å². The Hall–Kier alpha value is -3.34. The lowest BCUT2D eigenvalue weighted by Gasteiger charge is -2.33. The third kappa shape index (κ3) is 7.59. The topological polar surface area (TPSA) is 105 Å². The molecule has 0 aliphatic heterocycles. The maximum Gasteiger partial charge on any atom is 0.244 e. The Bertz CT molecular complexity index is 1220. The van der Waals surface area contributed by atoms with Crippen molar-refractivity contribution in [3.8, 4) is 11.5 Å². The number of rotatable bonds is 11. The fourth-order valence-electron chi connectivity index (χ4n) is 4.52. The van der Waals surface area contributed by atoms with Gasteiger partial charge >= 0.3 is 0 Å². The molecule has 1 atom stereocenters. The molecule has 0 unspecified atom stereocenters. The van der Waals surface area contributed by atoms with Crippen LogP contribution >= 0.6 is 0 Å². The van der Waals surface area contributed by atoms with E-state index in [9.17, 15) is 22.4 Å². The number of sulfonamides is 1. The van der Waals surface area contributed by atoms with Crippen molar-refractivity contribution in [1.82, 2.24) is 10.2 Å². The maximum atomic E-state index is 13.7. The molecule has 2 aromatic carbocycles. The molecule has 2 amide bonds. The molecule has 38 heavy (non-hydrogen) atoms. The second-order valence-electron chi connectivity index (χ2n) is 9.48. The van der Waals surface area contributed by atoms with Crippen LogP contribution in [-0.2, 0) is 26.2 Å². The van der Waals surface area contributed by atoms with Crippen LogP contribution in [0.15, 0.2) is 42.5 Å². The minimum Gasteiger partial charge on any atom is -0.497 e. The Morgan fingerprint density at radius 2 is 1.71 bits per heavy atom. The van der Waals surface area contributed by atoms with Crippen LogP contribution in [0, 0.1) is 5.82 Å². The molecule has 0 radical (unpaired) electrons. The molecular formula is C27H36FN3O6S. The normalized spacial score (nSPS) is 14.9. The molecular weight excluding hydrogens is 513 g/mol. The SMILES string of the molecule is COc1ccc(OC)c(N(CC(=O)N(Cc2ccc(F)cc2)[C@H](C)C(=O)NC2CCCCC2)S(C)(=O)=O)c1. The van der Waals surface area contributed by atoms with Gasteiger partial charge in [-0.1, -0.05) is 31.4 Å². The number of amides is 2. The molecule has 208 valence electrons. The smallest absolute Gasteiger partial charge is 0.244 e. The molecule has 1 aliphatic rings. The fraction of sp³-hybridized carbons (Fsp3) is 0.481. The van der Waals surface area contributed by atoms with Gasteiger partial charge in [-0.3, -0.25) is 13.9 Å². The quantitative estimate of drug-likeness (QED) is 0.460. The molecule has 0 spiro atoms. The van der Waals surface area contributed by atoms with E-state index in [2.05, 4.69) is 5.32 Å². The molecule has 0 saturated heterocycles. The van der Waals surface area contributed by atoms with Crippen molar-refractivity contribution >= 4 is 27.5 Å². The van der Waals surface area contributed by atoms with E-state index in [4.69, 9.17) is 9.47 Å². The van der Waals surface area contributed by atoms with E-state index in [-0.39, 0.29) is 29.9 Å². The summed E-state index contributed by atoms with van der Waals surface area (Å²) in [5.41, 5.74) is 0.727. The van der Waals surface area contributed by atoms with Crippen LogP contribution < -0.4 is 19.1 Å². The van der Waals surface area contributed by atoms with Crippen LogP contribution in [0.2, 0.25) is 0 Å². The van der Waals surface area contributed by atoms with E-state index in [0.717, 1.165) is 42.7 Å².